The molecule has 0 bridgehead atoms. The summed E-state index contributed by atoms with van der Waals surface area (Å²) >= 11 is 0. The van der Waals surface area contributed by atoms with Gasteiger partial charge in [-0.1, -0.05) is 6.07 Å². The van der Waals surface area contributed by atoms with Crippen molar-refractivity contribution in [2.24, 2.45) is 10.9 Å². The average Bonchev–Trinajstić information content (AvgIpc) is 2.66. The summed E-state index contributed by atoms with van der Waals surface area (Å²) in [6.45, 7) is 4.26. The Morgan fingerprint density at radius 2 is 2.04 bits per heavy atom. The van der Waals surface area contributed by atoms with Crippen LogP contribution in [0.3, 0.4) is 0 Å². The summed E-state index contributed by atoms with van der Waals surface area (Å²) in [6.07, 6.45) is 3.50. The fourth-order valence-corrected chi connectivity index (χ4v) is 3.50. The Labute approximate surface area is 181 Å². The van der Waals surface area contributed by atoms with Crippen molar-refractivity contribution in [2.75, 3.05) is 61.5 Å². The zero-order valence-corrected chi connectivity index (χ0v) is 19.7. The first-order valence-electron chi connectivity index (χ1n) is 9.38. The van der Waals surface area contributed by atoms with Gasteiger partial charge in [-0.3, -0.25) is 4.99 Å². The Balaban J connectivity index is 0.00000364. The predicted octanol–water partition coefficient (Wildman–Crippen LogP) is 2.71. The molecule has 2 rings (SSSR count). The highest BCUT2D eigenvalue weighted by atomic mass is 127. The van der Waals surface area contributed by atoms with Gasteiger partial charge in [-0.2, -0.15) is 0 Å². The van der Waals surface area contributed by atoms with Crippen LogP contribution in [-0.4, -0.2) is 77.3 Å². The van der Waals surface area contributed by atoms with E-state index in [-0.39, 0.29) is 24.0 Å². The number of hydrogen-bond donors (Lipinski definition) is 1. The Hall–Kier alpha value is -1.22. The maximum absolute atomic E-state index is 5.39. The van der Waals surface area contributed by atoms with Gasteiger partial charge < -0.3 is 24.6 Å². The van der Waals surface area contributed by atoms with E-state index in [1.165, 1.54) is 31.5 Å². The van der Waals surface area contributed by atoms with Crippen LogP contribution < -0.4 is 14.8 Å². The van der Waals surface area contributed by atoms with Crippen molar-refractivity contribution >= 4 is 29.9 Å². The maximum Gasteiger partial charge on any atom is 0.193 e. The summed E-state index contributed by atoms with van der Waals surface area (Å²) in [7, 11) is 9.47. The van der Waals surface area contributed by atoms with Crippen LogP contribution in [0.5, 0.6) is 11.5 Å². The van der Waals surface area contributed by atoms with Crippen LogP contribution in [0, 0.1) is 5.92 Å². The standard InChI is InChI=1S/C20H34N4O2.HI/c1-21-20(22-14-17-7-6-11-23(2)15-17)24(3)12-10-16-8-9-18(25-4)19(13-16)26-5;/h8-9,13,17H,6-7,10-12,14-15H2,1-5H3,(H,21,22);1H. The molecule has 0 aromatic heterocycles. The molecular weight excluding hydrogens is 455 g/mol. The zero-order valence-electron chi connectivity index (χ0n) is 17.3. The fourth-order valence-electron chi connectivity index (χ4n) is 3.50. The monoisotopic (exact) mass is 490 g/mol. The van der Waals surface area contributed by atoms with Crippen molar-refractivity contribution in [3.63, 3.8) is 0 Å². The minimum Gasteiger partial charge on any atom is -0.493 e. The first-order valence-corrected chi connectivity index (χ1v) is 9.38. The van der Waals surface area contributed by atoms with Crippen molar-refractivity contribution in [1.29, 1.82) is 0 Å². The summed E-state index contributed by atoms with van der Waals surface area (Å²) in [4.78, 5) is 9.04. The van der Waals surface area contributed by atoms with Crippen LogP contribution >= 0.6 is 24.0 Å². The number of guanidine groups is 1. The van der Waals surface area contributed by atoms with E-state index in [0.717, 1.165) is 37.0 Å². The number of nitrogens with zero attached hydrogens (tertiary/aromatic N) is 3. The van der Waals surface area contributed by atoms with Gasteiger partial charge in [-0.25, -0.2) is 0 Å². The van der Waals surface area contributed by atoms with E-state index in [9.17, 15) is 0 Å². The van der Waals surface area contributed by atoms with Gasteiger partial charge in [0.25, 0.3) is 0 Å². The molecule has 1 aliphatic rings. The molecular formula is C20H35IN4O2. The van der Waals surface area contributed by atoms with Crippen molar-refractivity contribution in [3.05, 3.63) is 23.8 Å². The maximum atomic E-state index is 5.39. The lowest BCUT2D eigenvalue weighted by Gasteiger charge is -2.31. The molecule has 1 aromatic carbocycles. The second-order valence-corrected chi connectivity index (χ2v) is 7.06. The summed E-state index contributed by atoms with van der Waals surface area (Å²) < 4.78 is 10.7. The summed E-state index contributed by atoms with van der Waals surface area (Å²) in [6, 6.07) is 6.09. The SMILES string of the molecule is CN=C(NCC1CCCN(C)C1)N(C)CCc1ccc(OC)c(OC)c1.I. The van der Waals surface area contributed by atoms with Crippen molar-refractivity contribution in [1.82, 2.24) is 15.1 Å². The number of likely N-dealkylation sites (N-methyl/N-ethyl adjacent to an activating group) is 1. The predicted molar refractivity (Wildman–Crippen MR) is 123 cm³/mol. The van der Waals surface area contributed by atoms with E-state index in [4.69, 9.17) is 9.47 Å². The highest BCUT2D eigenvalue weighted by molar-refractivity contribution is 14.0. The molecule has 1 unspecified atom stereocenters. The smallest absolute Gasteiger partial charge is 0.193 e. The summed E-state index contributed by atoms with van der Waals surface area (Å²) in [5, 5.41) is 3.54. The molecule has 0 aliphatic carbocycles. The molecule has 6 nitrogen and oxygen atoms in total. The normalized spacial score (nSPS) is 17.8. The molecule has 0 spiro atoms. The number of benzene rings is 1. The van der Waals surface area contributed by atoms with E-state index < -0.39 is 0 Å². The molecule has 7 heteroatoms. The number of hydrogen-bond acceptors (Lipinski definition) is 4. The Morgan fingerprint density at radius 3 is 2.67 bits per heavy atom. The van der Waals surface area contributed by atoms with Gasteiger partial charge >= 0.3 is 0 Å². The van der Waals surface area contributed by atoms with Gasteiger partial charge in [0.05, 0.1) is 14.2 Å². The van der Waals surface area contributed by atoms with Crippen LogP contribution in [0.25, 0.3) is 0 Å². The van der Waals surface area contributed by atoms with E-state index in [0.29, 0.717) is 5.92 Å². The van der Waals surface area contributed by atoms with Crippen LogP contribution in [0.4, 0.5) is 0 Å². The number of piperidine rings is 1. The molecule has 1 heterocycles. The number of ether oxygens (including phenoxy) is 2. The Morgan fingerprint density at radius 1 is 1.30 bits per heavy atom. The molecule has 27 heavy (non-hydrogen) atoms. The molecule has 1 aromatic rings. The molecule has 1 fully saturated rings. The number of rotatable bonds is 7. The number of aliphatic imine (C=N–C) groups is 1. The average molecular weight is 490 g/mol. The summed E-state index contributed by atoms with van der Waals surface area (Å²) in [5.41, 5.74) is 1.22. The second-order valence-electron chi connectivity index (χ2n) is 7.06. The lowest BCUT2D eigenvalue weighted by molar-refractivity contribution is 0.210. The van der Waals surface area contributed by atoms with Crippen molar-refractivity contribution < 1.29 is 9.47 Å². The molecule has 1 atom stereocenters. The molecule has 0 radical (unpaired) electrons. The third-order valence-corrected chi connectivity index (χ3v) is 5.03. The first-order chi connectivity index (χ1) is 12.6. The minimum absolute atomic E-state index is 0. The molecule has 0 amide bonds. The topological polar surface area (TPSA) is 49.3 Å². The fraction of sp³-hybridized carbons (Fsp3) is 0.650. The molecule has 0 saturated carbocycles. The largest absolute Gasteiger partial charge is 0.493 e. The first kappa shape index (κ1) is 23.8. The van der Waals surface area contributed by atoms with Crippen LogP contribution in [0.15, 0.2) is 23.2 Å². The Bertz CT molecular complexity index is 597. The minimum atomic E-state index is 0. The van der Waals surface area contributed by atoms with E-state index >= 15 is 0 Å². The third kappa shape index (κ3) is 7.37. The lowest BCUT2D eigenvalue weighted by Crippen LogP contribution is -2.44. The molecule has 1 saturated heterocycles. The highest BCUT2D eigenvalue weighted by Crippen LogP contribution is 2.27. The van der Waals surface area contributed by atoms with E-state index in [2.05, 4.69) is 40.3 Å². The van der Waals surface area contributed by atoms with Gasteiger partial charge in [0.15, 0.2) is 17.5 Å². The number of methoxy groups -OCH3 is 2. The van der Waals surface area contributed by atoms with Gasteiger partial charge in [0.2, 0.25) is 0 Å². The molecule has 1 N–H and O–H groups in total. The quantitative estimate of drug-likeness (QED) is 0.362. The Kier molecular flexibility index (Phi) is 10.8. The zero-order chi connectivity index (χ0) is 18.9. The summed E-state index contributed by atoms with van der Waals surface area (Å²) in [5.74, 6) is 3.19. The van der Waals surface area contributed by atoms with Gasteiger partial charge in [0.1, 0.15) is 0 Å². The van der Waals surface area contributed by atoms with Gasteiger partial charge in [0, 0.05) is 33.7 Å². The van der Waals surface area contributed by atoms with Crippen molar-refractivity contribution in [3.8, 4) is 11.5 Å². The second kappa shape index (κ2) is 12.3. The lowest BCUT2D eigenvalue weighted by atomic mass is 9.98. The van der Waals surface area contributed by atoms with E-state index in [1.54, 1.807) is 14.2 Å². The van der Waals surface area contributed by atoms with Gasteiger partial charge in [-0.15, -0.1) is 24.0 Å². The van der Waals surface area contributed by atoms with E-state index in [1.807, 2.05) is 19.2 Å². The number of halogens is 1. The number of likely N-dealkylation sites (tertiary alicyclic amines) is 1. The van der Waals surface area contributed by atoms with Gasteiger partial charge in [-0.05, 0) is 56.5 Å². The van der Waals surface area contributed by atoms with Crippen LogP contribution in [-0.2, 0) is 6.42 Å². The number of nitrogens with one attached hydrogen (secondary N) is 1. The highest BCUT2D eigenvalue weighted by Gasteiger charge is 2.18. The third-order valence-electron chi connectivity index (χ3n) is 5.03. The van der Waals surface area contributed by atoms with Crippen LogP contribution in [0.1, 0.15) is 18.4 Å². The van der Waals surface area contributed by atoms with Crippen LogP contribution in [0.2, 0.25) is 0 Å². The van der Waals surface area contributed by atoms with Crippen molar-refractivity contribution in [2.45, 2.75) is 19.3 Å². The molecule has 154 valence electrons. The molecule has 1 aliphatic heterocycles.